The molecule has 1 saturated heterocycles. The highest BCUT2D eigenvalue weighted by Crippen LogP contribution is 2.26. The number of aromatic nitrogens is 1. The molecule has 8 heteroatoms. The minimum Gasteiger partial charge on any atom is -0.493 e. The summed E-state index contributed by atoms with van der Waals surface area (Å²) in [6, 6.07) is 7.66. The molecule has 3 rings (SSSR count). The van der Waals surface area contributed by atoms with Gasteiger partial charge in [0, 0.05) is 35.2 Å². The molecule has 1 aliphatic heterocycles. The predicted octanol–water partition coefficient (Wildman–Crippen LogP) is 2.84. The zero-order chi connectivity index (χ0) is 18.6. The van der Waals surface area contributed by atoms with Gasteiger partial charge in [0.05, 0.1) is 19.0 Å². The van der Waals surface area contributed by atoms with E-state index in [4.69, 9.17) is 9.47 Å². The second kappa shape index (κ2) is 8.47. The van der Waals surface area contributed by atoms with Crippen molar-refractivity contribution in [1.29, 1.82) is 0 Å². The number of ether oxygens (including phenoxy) is 2. The Balaban J connectivity index is 1.60. The summed E-state index contributed by atoms with van der Waals surface area (Å²) in [7, 11) is -3.24. The molecule has 142 valence electrons. The van der Waals surface area contributed by atoms with E-state index in [1.54, 1.807) is 18.3 Å². The van der Waals surface area contributed by atoms with Crippen LogP contribution < -0.4 is 9.46 Å². The number of nitrogens with one attached hydrogen (secondary N) is 1. The van der Waals surface area contributed by atoms with Gasteiger partial charge in [0.1, 0.15) is 10.8 Å². The van der Waals surface area contributed by atoms with Crippen LogP contribution in [0.5, 0.6) is 5.75 Å². The molecule has 2 unspecified atom stereocenters. The lowest BCUT2D eigenvalue weighted by Crippen LogP contribution is -2.47. The lowest BCUT2D eigenvalue weighted by molar-refractivity contribution is 0.0186. The first-order valence-electron chi connectivity index (χ1n) is 8.70. The van der Waals surface area contributed by atoms with Gasteiger partial charge in [-0.25, -0.2) is 18.1 Å². The van der Waals surface area contributed by atoms with E-state index in [9.17, 15) is 8.42 Å². The van der Waals surface area contributed by atoms with Crippen LogP contribution in [0.25, 0.3) is 10.6 Å². The van der Waals surface area contributed by atoms with E-state index in [1.807, 2.05) is 36.6 Å². The normalized spacial score (nSPS) is 20.8. The molecular weight excluding hydrogens is 372 g/mol. The van der Waals surface area contributed by atoms with Crippen LogP contribution in [0, 0.1) is 12.8 Å². The van der Waals surface area contributed by atoms with E-state index >= 15 is 0 Å². The second-order valence-corrected chi connectivity index (χ2v) is 9.28. The number of aryl methyl sites for hydroxylation is 1. The Morgan fingerprint density at radius 2 is 2.12 bits per heavy atom. The minimum absolute atomic E-state index is 0.00800. The lowest BCUT2D eigenvalue weighted by Gasteiger charge is -2.31. The quantitative estimate of drug-likeness (QED) is 0.779. The van der Waals surface area contributed by atoms with Gasteiger partial charge in [-0.3, -0.25) is 0 Å². The van der Waals surface area contributed by atoms with Crippen molar-refractivity contribution in [1.82, 2.24) is 9.71 Å². The zero-order valence-corrected chi connectivity index (χ0v) is 16.6. The summed E-state index contributed by atoms with van der Waals surface area (Å²) in [6.07, 6.45) is 0.662. The van der Waals surface area contributed by atoms with Crippen LogP contribution in [0.15, 0.2) is 29.6 Å². The molecule has 0 radical (unpaired) electrons. The fourth-order valence-electron chi connectivity index (χ4n) is 2.81. The van der Waals surface area contributed by atoms with Crippen molar-refractivity contribution in [2.24, 2.45) is 5.92 Å². The second-order valence-electron chi connectivity index (χ2n) is 6.38. The first-order chi connectivity index (χ1) is 12.5. The van der Waals surface area contributed by atoms with E-state index in [1.165, 1.54) is 0 Å². The molecule has 1 aliphatic rings. The number of hydrogen-bond acceptors (Lipinski definition) is 6. The molecule has 0 bridgehead atoms. The predicted molar refractivity (Wildman–Crippen MR) is 103 cm³/mol. The van der Waals surface area contributed by atoms with Gasteiger partial charge in [-0.05, 0) is 44.5 Å². The highest BCUT2D eigenvalue weighted by atomic mass is 32.2. The molecule has 1 fully saturated rings. The summed E-state index contributed by atoms with van der Waals surface area (Å²) < 4.78 is 37.9. The van der Waals surface area contributed by atoms with Crippen molar-refractivity contribution in [3.8, 4) is 16.3 Å². The molecule has 1 N–H and O–H groups in total. The van der Waals surface area contributed by atoms with E-state index in [2.05, 4.69) is 9.71 Å². The van der Waals surface area contributed by atoms with E-state index in [0.717, 1.165) is 22.0 Å². The smallest absolute Gasteiger partial charge is 0.211 e. The molecule has 26 heavy (non-hydrogen) atoms. The molecular formula is C18H24N2O4S2. The standard InChI is InChI=1S/C18H24N2O4S2/c1-3-26(21,22)20-17-8-9-23-10-15(17)11-24-16-6-4-14(5-7-16)18-19-13(2)12-25-18/h4-7,12,15,17,20H,3,8-11H2,1-2H3. The average Bonchev–Trinajstić information content (AvgIpc) is 3.07. The first-order valence-corrected chi connectivity index (χ1v) is 11.2. The molecule has 6 nitrogen and oxygen atoms in total. The van der Waals surface area contributed by atoms with Crippen LogP contribution in [0.4, 0.5) is 0 Å². The summed E-state index contributed by atoms with van der Waals surface area (Å²) in [6.45, 7) is 5.08. The van der Waals surface area contributed by atoms with Gasteiger partial charge >= 0.3 is 0 Å². The summed E-state index contributed by atoms with van der Waals surface area (Å²) in [5, 5.41) is 3.02. The molecule has 2 aromatic rings. The summed E-state index contributed by atoms with van der Waals surface area (Å²) in [4.78, 5) is 4.48. The van der Waals surface area contributed by atoms with Gasteiger partial charge in [0.15, 0.2) is 0 Å². The molecule has 0 amide bonds. The SMILES string of the molecule is CCS(=O)(=O)NC1CCOCC1COc1ccc(-c2nc(C)cs2)cc1. The maximum atomic E-state index is 11.9. The van der Waals surface area contributed by atoms with Crippen molar-refractivity contribution in [3.05, 3.63) is 35.3 Å². The number of nitrogens with zero attached hydrogens (tertiary/aromatic N) is 1. The van der Waals surface area contributed by atoms with Crippen LogP contribution in [-0.2, 0) is 14.8 Å². The highest BCUT2D eigenvalue weighted by molar-refractivity contribution is 7.89. The largest absolute Gasteiger partial charge is 0.493 e. The fourth-order valence-corrected chi connectivity index (χ4v) is 4.56. The van der Waals surface area contributed by atoms with Crippen LogP contribution in [0.2, 0.25) is 0 Å². The Morgan fingerprint density at radius 3 is 2.77 bits per heavy atom. The van der Waals surface area contributed by atoms with Crippen molar-refractivity contribution in [2.75, 3.05) is 25.6 Å². The van der Waals surface area contributed by atoms with E-state index < -0.39 is 10.0 Å². The van der Waals surface area contributed by atoms with Gasteiger partial charge < -0.3 is 9.47 Å². The van der Waals surface area contributed by atoms with Crippen LogP contribution >= 0.6 is 11.3 Å². The maximum absolute atomic E-state index is 11.9. The zero-order valence-electron chi connectivity index (χ0n) is 15.0. The Kier molecular flexibility index (Phi) is 6.29. The molecule has 1 aromatic heterocycles. The molecule has 0 aliphatic carbocycles. The van der Waals surface area contributed by atoms with Gasteiger partial charge in [-0.15, -0.1) is 11.3 Å². The third-order valence-electron chi connectivity index (χ3n) is 4.37. The van der Waals surface area contributed by atoms with Crippen molar-refractivity contribution in [3.63, 3.8) is 0 Å². The van der Waals surface area contributed by atoms with Gasteiger partial charge in [-0.1, -0.05) is 0 Å². The van der Waals surface area contributed by atoms with Crippen molar-refractivity contribution in [2.45, 2.75) is 26.3 Å². The topological polar surface area (TPSA) is 77.5 Å². The molecule has 0 spiro atoms. The Labute approximate surface area is 158 Å². The Hall–Kier alpha value is -1.48. The van der Waals surface area contributed by atoms with Gasteiger partial charge in [-0.2, -0.15) is 0 Å². The lowest BCUT2D eigenvalue weighted by atomic mass is 9.98. The summed E-state index contributed by atoms with van der Waals surface area (Å²) in [5.41, 5.74) is 2.08. The third-order valence-corrected chi connectivity index (χ3v) is 6.80. The Morgan fingerprint density at radius 1 is 1.35 bits per heavy atom. The maximum Gasteiger partial charge on any atom is 0.211 e. The van der Waals surface area contributed by atoms with E-state index in [-0.39, 0.29) is 17.7 Å². The molecule has 0 saturated carbocycles. The monoisotopic (exact) mass is 396 g/mol. The molecule has 2 atom stereocenters. The average molecular weight is 397 g/mol. The summed E-state index contributed by atoms with van der Waals surface area (Å²) >= 11 is 1.62. The fraction of sp³-hybridized carbons (Fsp3) is 0.500. The van der Waals surface area contributed by atoms with Gasteiger partial charge in [0.25, 0.3) is 0 Å². The number of hydrogen-bond donors (Lipinski definition) is 1. The van der Waals surface area contributed by atoms with Crippen molar-refractivity contribution < 1.29 is 17.9 Å². The van der Waals surface area contributed by atoms with Crippen LogP contribution in [0.3, 0.4) is 0 Å². The van der Waals surface area contributed by atoms with Crippen molar-refractivity contribution >= 4 is 21.4 Å². The molecule has 1 aromatic carbocycles. The number of benzene rings is 1. The highest BCUT2D eigenvalue weighted by Gasteiger charge is 2.29. The van der Waals surface area contributed by atoms with Gasteiger partial charge in [0.2, 0.25) is 10.0 Å². The Bertz CT molecular complexity index is 818. The number of sulfonamides is 1. The third kappa shape index (κ3) is 5.03. The number of thiazole rings is 1. The summed E-state index contributed by atoms with van der Waals surface area (Å²) in [5.74, 6) is 0.825. The van der Waals surface area contributed by atoms with E-state index in [0.29, 0.717) is 26.2 Å². The number of rotatable bonds is 7. The minimum atomic E-state index is -3.24. The van der Waals surface area contributed by atoms with Crippen LogP contribution in [-0.4, -0.2) is 45.0 Å². The molecule has 2 heterocycles. The van der Waals surface area contributed by atoms with Crippen LogP contribution in [0.1, 0.15) is 19.0 Å². The first kappa shape index (κ1) is 19.3.